The second-order valence-electron chi connectivity index (χ2n) is 4.10. The van der Waals surface area contributed by atoms with Crippen molar-refractivity contribution in [2.75, 3.05) is 24.4 Å². The first-order chi connectivity index (χ1) is 8.63. The third-order valence-corrected chi connectivity index (χ3v) is 4.10. The number of carbonyl (C=O) groups is 2. The molecule has 0 aliphatic carbocycles. The van der Waals surface area contributed by atoms with Gasteiger partial charge in [0.15, 0.2) is 5.13 Å². The predicted molar refractivity (Wildman–Crippen MR) is 69.0 cm³/mol. The number of rotatable bonds is 4. The van der Waals surface area contributed by atoms with Gasteiger partial charge in [0.05, 0.1) is 19.2 Å². The van der Waals surface area contributed by atoms with Crippen LogP contribution >= 0.6 is 22.9 Å². The van der Waals surface area contributed by atoms with Crippen LogP contribution in [0.25, 0.3) is 0 Å². The second-order valence-corrected chi connectivity index (χ2v) is 5.25. The number of hydrogen-bond acceptors (Lipinski definition) is 5. The van der Waals surface area contributed by atoms with Gasteiger partial charge >= 0.3 is 5.97 Å². The van der Waals surface area contributed by atoms with E-state index in [0.717, 1.165) is 0 Å². The molecular formula is C11H13ClN2O3S. The summed E-state index contributed by atoms with van der Waals surface area (Å²) in [5, 5.41) is 2.40. The summed E-state index contributed by atoms with van der Waals surface area (Å²) >= 11 is 7.12. The van der Waals surface area contributed by atoms with Crippen molar-refractivity contribution in [3.63, 3.8) is 0 Å². The van der Waals surface area contributed by atoms with E-state index in [1.807, 2.05) is 0 Å². The Balaban J connectivity index is 2.06. The molecule has 2 heterocycles. The van der Waals surface area contributed by atoms with E-state index >= 15 is 0 Å². The predicted octanol–water partition coefficient (Wildman–Crippen LogP) is 1.45. The van der Waals surface area contributed by atoms with Crippen molar-refractivity contribution >= 4 is 39.9 Å². The summed E-state index contributed by atoms with van der Waals surface area (Å²) in [6.07, 6.45) is 0.601. The maximum atomic E-state index is 11.8. The first-order valence-corrected chi connectivity index (χ1v) is 6.93. The Morgan fingerprint density at radius 3 is 3.11 bits per heavy atom. The van der Waals surface area contributed by atoms with Crippen molar-refractivity contribution in [2.45, 2.75) is 12.8 Å². The van der Waals surface area contributed by atoms with E-state index in [4.69, 9.17) is 11.6 Å². The number of aromatic nitrogens is 1. The van der Waals surface area contributed by atoms with Crippen LogP contribution in [-0.2, 0) is 20.7 Å². The molecule has 0 N–H and O–H groups in total. The number of ether oxygens (including phenoxy) is 1. The molecule has 0 aromatic carbocycles. The molecule has 18 heavy (non-hydrogen) atoms. The number of nitrogens with zero attached hydrogens (tertiary/aromatic N) is 2. The van der Waals surface area contributed by atoms with Crippen LogP contribution in [0.1, 0.15) is 12.1 Å². The Kier molecular flexibility index (Phi) is 4.19. The molecule has 1 unspecified atom stereocenters. The van der Waals surface area contributed by atoms with Crippen molar-refractivity contribution in [1.29, 1.82) is 0 Å². The quantitative estimate of drug-likeness (QED) is 0.621. The summed E-state index contributed by atoms with van der Waals surface area (Å²) in [4.78, 5) is 28.8. The minimum atomic E-state index is -0.335. The van der Waals surface area contributed by atoms with Gasteiger partial charge in [0.25, 0.3) is 0 Å². The standard InChI is InChI=1S/C11H13ClN2O3S/c1-17-10(16)3-8-6-18-11(13-8)14-5-7(4-12)2-9(14)15/h6-7H,2-5H2,1H3. The zero-order valence-corrected chi connectivity index (χ0v) is 11.5. The summed E-state index contributed by atoms with van der Waals surface area (Å²) in [5.74, 6) is 0.368. The van der Waals surface area contributed by atoms with Crippen LogP contribution in [0.3, 0.4) is 0 Å². The lowest BCUT2D eigenvalue weighted by molar-refractivity contribution is -0.139. The lowest BCUT2D eigenvalue weighted by atomic mass is 10.2. The molecule has 2 rings (SSSR count). The molecule has 0 radical (unpaired) electrons. The third-order valence-electron chi connectivity index (χ3n) is 2.75. The average molecular weight is 289 g/mol. The van der Waals surface area contributed by atoms with Crippen molar-refractivity contribution in [1.82, 2.24) is 4.98 Å². The number of amides is 1. The molecule has 0 spiro atoms. The van der Waals surface area contributed by atoms with E-state index in [1.54, 1.807) is 10.3 Å². The van der Waals surface area contributed by atoms with Gasteiger partial charge in [-0.2, -0.15) is 0 Å². The van der Waals surface area contributed by atoms with E-state index in [2.05, 4.69) is 9.72 Å². The van der Waals surface area contributed by atoms with E-state index in [-0.39, 0.29) is 24.2 Å². The van der Waals surface area contributed by atoms with Crippen LogP contribution in [0.4, 0.5) is 5.13 Å². The van der Waals surface area contributed by atoms with Crippen molar-refractivity contribution < 1.29 is 14.3 Å². The minimum Gasteiger partial charge on any atom is -0.469 e. The van der Waals surface area contributed by atoms with Gasteiger partial charge in [0, 0.05) is 24.2 Å². The molecule has 1 aromatic rings. The average Bonchev–Trinajstić information content (AvgIpc) is 2.95. The summed E-state index contributed by atoms with van der Waals surface area (Å²) < 4.78 is 4.57. The van der Waals surface area contributed by atoms with Gasteiger partial charge in [-0.1, -0.05) is 0 Å². The zero-order chi connectivity index (χ0) is 13.1. The SMILES string of the molecule is COC(=O)Cc1csc(N2CC(CCl)CC2=O)n1. The summed E-state index contributed by atoms with van der Waals surface area (Å²) in [6, 6.07) is 0. The Morgan fingerprint density at radius 1 is 1.72 bits per heavy atom. The maximum absolute atomic E-state index is 11.8. The lowest BCUT2D eigenvalue weighted by Gasteiger charge is -2.11. The zero-order valence-electron chi connectivity index (χ0n) is 9.89. The van der Waals surface area contributed by atoms with Crippen molar-refractivity contribution in [3.8, 4) is 0 Å². The minimum absolute atomic E-state index is 0.0413. The number of carbonyl (C=O) groups excluding carboxylic acids is 2. The molecule has 1 aliphatic heterocycles. The van der Waals surface area contributed by atoms with Crippen molar-refractivity contribution in [2.24, 2.45) is 5.92 Å². The van der Waals surface area contributed by atoms with Gasteiger partial charge < -0.3 is 4.74 Å². The monoisotopic (exact) mass is 288 g/mol. The Labute approximate surface area is 114 Å². The van der Waals surface area contributed by atoms with E-state index < -0.39 is 0 Å². The molecule has 98 valence electrons. The lowest BCUT2D eigenvalue weighted by Crippen LogP contribution is -2.24. The largest absolute Gasteiger partial charge is 0.469 e. The molecular weight excluding hydrogens is 276 g/mol. The fourth-order valence-corrected chi connectivity index (χ4v) is 2.85. The number of alkyl halides is 1. The fourth-order valence-electron chi connectivity index (χ4n) is 1.79. The summed E-state index contributed by atoms with van der Waals surface area (Å²) in [5.41, 5.74) is 0.629. The van der Waals surface area contributed by atoms with Crippen LogP contribution in [0.2, 0.25) is 0 Å². The van der Waals surface area contributed by atoms with Crippen LogP contribution in [0, 0.1) is 5.92 Å². The molecule has 1 aliphatic rings. The maximum Gasteiger partial charge on any atom is 0.311 e. The first-order valence-electron chi connectivity index (χ1n) is 5.51. The van der Waals surface area contributed by atoms with Gasteiger partial charge in [-0.05, 0) is 5.92 Å². The second kappa shape index (κ2) is 5.67. The van der Waals surface area contributed by atoms with Gasteiger partial charge in [-0.3, -0.25) is 14.5 Å². The molecule has 1 aromatic heterocycles. The summed E-state index contributed by atoms with van der Waals surface area (Å²) in [7, 11) is 1.34. The van der Waals surface area contributed by atoms with Gasteiger partial charge in [-0.15, -0.1) is 22.9 Å². The van der Waals surface area contributed by atoms with E-state index in [0.29, 0.717) is 29.7 Å². The number of hydrogen-bond donors (Lipinski definition) is 0. The first kappa shape index (κ1) is 13.3. The number of anilines is 1. The highest BCUT2D eigenvalue weighted by Crippen LogP contribution is 2.28. The molecule has 1 amide bonds. The highest BCUT2D eigenvalue weighted by molar-refractivity contribution is 7.14. The number of methoxy groups -OCH3 is 1. The number of halogens is 1. The van der Waals surface area contributed by atoms with Crippen LogP contribution < -0.4 is 4.90 Å². The Bertz CT molecular complexity index is 463. The van der Waals surface area contributed by atoms with Gasteiger partial charge in [0.1, 0.15) is 0 Å². The van der Waals surface area contributed by atoms with E-state index in [1.165, 1.54) is 18.4 Å². The highest BCUT2D eigenvalue weighted by Gasteiger charge is 2.31. The molecule has 5 nitrogen and oxygen atoms in total. The van der Waals surface area contributed by atoms with Crippen LogP contribution in [-0.4, -0.2) is 36.4 Å². The normalized spacial score (nSPS) is 19.3. The smallest absolute Gasteiger partial charge is 0.311 e. The van der Waals surface area contributed by atoms with Crippen LogP contribution in [0.5, 0.6) is 0 Å². The molecule has 7 heteroatoms. The number of esters is 1. The van der Waals surface area contributed by atoms with Gasteiger partial charge in [0.2, 0.25) is 5.91 Å². The fraction of sp³-hybridized carbons (Fsp3) is 0.545. The third kappa shape index (κ3) is 2.81. The van der Waals surface area contributed by atoms with E-state index in [9.17, 15) is 9.59 Å². The Morgan fingerprint density at radius 2 is 2.50 bits per heavy atom. The molecule has 1 fully saturated rings. The molecule has 0 saturated carbocycles. The topological polar surface area (TPSA) is 59.5 Å². The van der Waals surface area contributed by atoms with Crippen molar-refractivity contribution in [3.05, 3.63) is 11.1 Å². The molecule has 1 atom stereocenters. The molecule has 1 saturated heterocycles. The van der Waals surface area contributed by atoms with Crippen LogP contribution in [0.15, 0.2) is 5.38 Å². The highest BCUT2D eigenvalue weighted by atomic mass is 35.5. The Hall–Kier alpha value is -1.14. The number of thiazole rings is 1. The van der Waals surface area contributed by atoms with Gasteiger partial charge in [-0.25, -0.2) is 4.98 Å². The molecule has 0 bridgehead atoms. The summed E-state index contributed by atoms with van der Waals surface area (Å²) in [6.45, 7) is 0.605.